The third kappa shape index (κ3) is 6.49. The van der Waals surface area contributed by atoms with E-state index in [1.807, 2.05) is 4.90 Å². The maximum Gasteiger partial charge on any atom is 0.320 e. The number of halogens is 2. The predicted octanol–water partition coefficient (Wildman–Crippen LogP) is 3.85. The molecule has 2 saturated heterocycles. The van der Waals surface area contributed by atoms with E-state index in [-0.39, 0.29) is 17.5 Å². The standard InChI is InChI=1S/C25H29ClFN5O3/c26-17-8-10-18(11-9-17)28-25(35)29-23(20-5-1-2-6-21(20)27)24(34)30-31-15-12-19(13-16-31)32-14-4-3-7-22(32)33/h1-2,5-6,8-11,19,23H,3-4,7,12-16H2,(H,30,34)(H2,28,29,35). The van der Waals surface area contributed by atoms with Gasteiger partial charge in [0, 0.05) is 48.4 Å². The van der Waals surface area contributed by atoms with Crippen LogP contribution in [0.4, 0.5) is 14.9 Å². The predicted molar refractivity (Wildman–Crippen MR) is 131 cm³/mol. The van der Waals surface area contributed by atoms with Crippen LogP contribution in [0.2, 0.25) is 5.02 Å². The molecule has 0 saturated carbocycles. The first-order valence-corrected chi connectivity index (χ1v) is 12.2. The number of rotatable bonds is 6. The minimum Gasteiger partial charge on any atom is -0.340 e. The van der Waals surface area contributed by atoms with Crippen molar-refractivity contribution >= 4 is 35.1 Å². The molecule has 1 unspecified atom stereocenters. The Labute approximate surface area is 208 Å². The molecular formula is C25H29ClFN5O3. The second kappa shape index (κ2) is 11.5. The van der Waals surface area contributed by atoms with Gasteiger partial charge in [-0.3, -0.25) is 15.0 Å². The summed E-state index contributed by atoms with van der Waals surface area (Å²) in [4.78, 5) is 40.0. The van der Waals surface area contributed by atoms with Crippen LogP contribution in [0.3, 0.4) is 0 Å². The highest BCUT2D eigenvalue weighted by atomic mass is 35.5. The summed E-state index contributed by atoms with van der Waals surface area (Å²) in [6.45, 7) is 1.90. The second-order valence-corrected chi connectivity index (χ2v) is 9.23. The number of carbonyl (C=O) groups is 3. The van der Waals surface area contributed by atoms with Crippen LogP contribution in [0, 0.1) is 5.82 Å². The van der Waals surface area contributed by atoms with Gasteiger partial charge in [-0.1, -0.05) is 29.8 Å². The summed E-state index contributed by atoms with van der Waals surface area (Å²) in [6.07, 6.45) is 4.05. The first kappa shape index (κ1) is 24.9. The number of amides is 4. The molecule has 35 heavy (non-hydrogen) atoms. The largest absolute Gasteiger partial charge is 0.340 e. The Morgan fingerprint density at radius 1 is 1.00 bits per heavy atom. The maximum absolute atomic E-state index is 14.6. The minimum atomic E-state index is -1.25. The van der Waals surface area contributed by atoms with Crippen LogP contribution in [0.25, 0.3) is 0 Å². The van der Waals surface area contributed by atoms with Crippen molar-refractivity contribution in [1.82, 2.24) is 20.7 Å². The van der Waals surface area contributed by atoms with Gasteiger partial charge in [0.05, 0.1) is 0 Å². The van der Waals surface area contributed by atoms with Crippen LogP contribution in [0.5, 0.6) is 0 Å². The molecule has 0 bridgehead atoms. The monoisotopic (exact) mass is 501 g/mol. The van der Waals surface area contributed by atoms with E-state index in [4.69, 9.17) is 11.6 Å². The molecular weight excluding hydrogens is 473 g/mol. The summed E-state index contributed by atoms with van der Waals surface area (Å²) >= 11 is 5.88. The summed E-state index contributed by atoms with van der Waals surface area (Å²) < 4.78 is 14.6. The fourth-order valence-corrected chi connectivity index (χ4v) is 4.67. The van der Waals surface area contributed by atoms with Crippen LogP contribution >= 0.6 is 11.6 Å². The molecule has 3 N–H and O–H groups in total. The number of hydrazine groups is 1. The van der Waals surface area contributed by atoms with Gasteiger partial charge in [0.1, 0.15) is 11.9 Å². The van der Waals surface area contributed by atoms with Crippen molar-refractivity contribution in [2.75, 3.05) is 25.0 Å². The Bertz CT molecular complexity index is 1060. The Kier molecular flexibility index (Phi) is 8.20. The van der Waals surface area contributed by atoms with Gasteiger partial charge in [-0.2, -0.15) is 0 Å². The summed E-state index contributed by atoms with van der Waals surface area (Å²) in [5.41, 5.74) is 3.36. The number of hydrogen-bond donors (Lipinski definition) is 3. The number of nitrogens with zero attached hydrogens (tertiary/aromatic N) is 2. The van der Waals surface area contributed by atoms with E-state index in [1.54, 1.807) is 35.3 Å². The lowest BCUT2D eigenvalue weighted by atomic mass is 10.0. The van der Waals surface area contributed by atoms with E-state index in [0.717, 1.165) is 32.2 Å². The van der Waals surface area contributed by atoms with E-state index >= 15 is 0 Å². The highest BCUT2D eigenvalue weighted by Gasteiger charge is 2.32. The van der Waals surface area contributed by atoms with Crippen molar-refractivity contribution in [3.05, 3.63) is 64.9 Å². The van der Waals surface area contributed by atoms with E-state index in [1.165, 1.54) is 18.2 Å². The summed E-state index contributed by atoms with van der Waals surface area (Å²) in [5, 5.41) is 7.49. The van der Waals surface area contributed by atoms with E-state index in [9.17, 15) is 18.8 Å². The first-order valence-electron chi connectivity index (χ1n) is 11.8. The number of likely N-dealkylation sites (tertiary alicyclic amines) is 1. The minimum absolute atomic E-state index is 0.0602. The average molecular weight is 502 g/mol. The normalized spacial score (nSPS) is 18.1. The molecule has 2 aromatic rings. The fourth-order valence-electron chi connectivity index (χ4n) is 4.55. The van der Waals surface area contributed by atoms with Crippen LogP contribution in [-0.2, 0) is 9.59 Å². The summed E-state index contributed by atoms with van der Waals surface area (Å²) in [6, 6.07) is 10.6. The molecule has 186 valence electrons. The Morgan fingerprint density at radius 3 is 2.40 bits per heavy atom. The lowest BCUT2D eigenvalue weighted by Crippen LogP contribution is -2.55. The molecule has 4 amide bonds. The van der Waals surface area contributed by atoms with Crippen LogP contribution in [0.1, 0.15) is 43.7 Å². The fraction of sp³-hybridized carbons (Fsp3) is 0.400. The van der Waals surface area contributed by atoms with E-state index in [2.05, 4.69) is 16.1 Å². The first-order chi connectivity index (χ1) is 16.9. The molecule has 0 aromatic heterocycles. The van der Waals surface area contributed by atoms with E-state index in [0.29, 0.717) is 30.2 Å². The number of hydrogen-bond acceptors (Lipinski definition) is 4. The molecule has 2 aliphatic heterocycles. The molecule has 1 atom stereocenters. The molecule has 0 radical (unpaired) electrons. The van der Waals surface area contributed by atoms with Gasteiger partial charge in [-0.15, -0.1) is 0 Å². The van der Waals surface area contributed by atoms with Crippen LogP contribution < -0.4 is 16.1 Å². The maximum atomic E-state index is 14.6. The smallest absolute Gasteiger partial charge is 0.320 e. The van der Waals surface area contributed by atoms with Crippen molar-refractivity contribution in [2.45, 2.75) is 44.2 Å². The van der Waals surface area contributed by atoms with Crippen molar-refractivity contribution in [1.29, 1.82) is 0 Å². The molecule has 2 fully saturated rings. The number of urea groups is 1. The van der Waals surface area contributed by atoms with Crippen LogP contribution in [0.15, 0.2) is 48.5 Å². The number of benzene rings is 2. The number of piperidine rings is 2. The number of anilines is 1. The third-order valence-electron chi connectivity index (χ3n) is 6.39. The van der Waals surface area contributed by atoms with Crippen LogP contribution in [-0.4, -0.2) is 53.4 Å². The lowest BCUT2D eigenvalue weighted by molar-refractivity contribution is -0.138. The average Bonchev–Trinajstić information content (AvgIpc) is 2.85. The molecule has 0 aliphatic carbocycles. The zero-order chi connectivity index (χ0) is 24.8. The Morgan fingerprint density at radius 2 is 1.71 bits per heavy atom. The van der Waals surface area contributed by atoms with Gasteiger partial charge in [-0.25, -0.2) is 14.2 Å². The topological polar surface area (TPSA) is 93.8 Å². The Hall–Kier alpha value is -3.17. The zero-order valence-corrected chi connectivity index (χ0v) is 20.1. The zero-order valence-electron chi connectivity index (χ0n) is 19.3. The molecule has 2 heterocycles. The quantitative estimate of drug-likeness (QED) is 0.560. The SMILES string of the molecule is O=C(Nc1ccc(Cl)cc1)NC(C(=O)NN1CCC(N2CCCCC2=O)CC1)c1ccccc1F. The molecule has 2 aromatic carbocycles. The molecule has 8 nitrogen and oxygen atoms in total. The molecule has 4 rings (SSSR count). The van der Waals surface area contributed by atoms with Gasteiger partial charge in [0.2, 0.25) is 5.91 Å². The highest BCUT2D eigenvalue weighted by Crippen LogP contribution is 2.22. The van der Waals surface area contributed by atoms with Gasteiger partial charge in [0.25, 0.3) is 5.91 Å². The summed E-state index contributed by atoms with van der Waals surface area (Å²) in [5.74, 6) is -0.940. The molecule has 2 aliphatic rings. The van der Waals surface area contributed by atoms with Crippen molar-refractivity contribution in [3.63, 3.8) is 0 Å². The second-order valence-electron chi connectivity index (χ2n) is 8.80. The Balaban J connectivity index is 1.39. The third-order valence-corrected chi connectivity index (χ3v) is 6.64. The van der Waals surface area contributed by atoms with Crippen molar-refractivity contribution < 1.29 is 18.8 Å². The van der Waals surface area contributed by atoms with E-state index < -0.39 is 23.8 Å². The van der Waals surface area contributed by atoms with Gasteiger partial charge >= 0.3 is 6.03 Å². The lowest BCUT2D eigenvalue weighted by Gasteiger charge is -2.40. The number of nitrogens with one attached hydrogen (secondary N) is 3. The van der Waals surface area contributed by atoms with Crippen molar-refractivity contribution in [3.8, 4) is 0 Å². The number of carbonyl (C=O) groups excluding carboxylic acids is 3. The molecule has 10 heteroatoms. The summed E-state index contributed by atoms with van der Waals surface area (Å²) in [7, 11) is 0. The van der Waals surface area contributed by atoms with Gasteiger partial charge in [-0.05, 0) is 56.0 Å². The van der Waals surface area contributed by atoms with Crippen molar-refractivity contribution in [2.24, 2.45) is 0 Å². The van der Waals surface area contributed by atoms with Gasteiger partial charge < -0.3 is 15.5 Å². The highest BCUT2D eigenvalue weighted by molar-refractivity contribution is 6.30. The molecule has 0 spiro atoms. The van der Waals surface area contributed by atoms with Gasteiger partial charge in [0.15, 0.2) is 0 Å².